The summed E-state index contributed by atoms with van der Waals surface area (Å²) in [6.07, 6.45) is 0. The molecule has 2 nitrogen and oxygen atoms in total. The summed E-state index contributed by atoms with van der Waals surface area (Å²) in [6, 6.07) is 12.7. The van der Waals surface area contributed by atoms with Gasteiger partial charge in [-0.05, 0) is 81.0 Å². The Balaban J connectivity index is 2.37. The van der Waals surface area contributed by atoms with Gasteiger partial charge < -0.3 is 5.73 Å². The minimum atomic E-state index is -0.0133. The topological polar surface area (TPSA) is 43.1 Å². The predicted octanol–water partition coefficient (Wildman–Crippen LogP) is 3.87. The SMILES string of the molecule is Nc1cc(C(=O)c2ccc(I)cc2)ccc1Br. The molecule has 0 bridgehead atoms. The van der Waals surface area contributed by atoms with Gasteiger partial charge in [-0.1, -0.05) is 0 Å². The summed E-state index contributed by atoms with van der Waals surface area (Å²) in [5.41, 5.74) is 7.61. The fourth-order valence-electron chi connectivity index (χ4n) is 1.45. The van der Waals surface area contributed by atoms with Crippen molar-refractivity contribution in [3.8, 4) is 0 Å². The van der Waals surface area contributed by atoms with Crippen molar-refractivity contribution < 1.29 is 4.79 Å². The first-order chi connectivity index (χ1) is 8.08. The standard InChI is InChI=1S/C13H9BrINO/c14-11-6-3-9(7-12(11)16)13(17)8-1-4-10(15)5-2-8/h1-7H,16H2. The van der Waals surface area contributed by atoms with Crippen LogP contribution in [-0.2, 0) is 0 Å². The van der Waals surface area contributed by atoms with Gasteiger partial charge in [0.2, 0.25) is 0 Å². The highest BCUT2D eigenvalue weighted by Gasteiger charge is 2.09. The summed E-state index contributed by atoms with van der Waals surface area (Å²) in [4.78, 5) is 12.1. The lowest BCUT2D eigenvalue weighted by atomic mass is 10.0. The third-order valence-electron chi connectivity index (χ3n) is 2.36. The van der Waals surface area contributed by atoms with Gasteiger partial charge in [-0.25, -0.2) is 0 Å². The lowest BCUT2D eigenvalue weighted by Gasteiger charge is -2.04. The molecule has 2 N–H and O–H groups in total. The van der Waals surface area contributed by atoms with Crippen molar-refractivity contribution in [3.63, 3.8) is 0 Å². The van der Waals surface area contributed by atoms with Crippen LogP contribution in [0.4, 0.5) is 5.69 Å². The van der Waals surface area contributed by atoms with Crippen LogP contribution >= 0.6 is 38.5 Å². The molecule has 2 aromatic carbocycles. The molecular weight excluding hydrogens is 393 g/mol. The van der Waals surface area contributed by atoms with Crippen LogP contribution in [0.3, 0.4) is 0 Å². The smallest absolute Gasteiger partial charge is 0.193 e. The highest BCUT2D eigenvalue weighted by Crippen LogP contribution is 2.22. The summed E-state index contributed by atoms with van der Waals surface area (Å²) in [5, 5.41) is 0. The van der Waals surface area contributed by atoms with Gasteiger partial charge in [-0.15, -0.1) is 0 Å². The van der Waals surface area contributed by atoms with Crippen LogP contribution < -0.4 is 5.73 Å². The number of nitrogens with two attached hydrogens (primary N) is 1. The Hall–Kier alpha value is -0.880. The molecule has 0 saturated heterocycles. The van der Waals surface area contributed by atoms with E-state index in [1.165, 1.54) is 0 Å². The summed E-state index contributed by atoms with van der Waals surface area (Å²) in [7, 11) is 0. The van der Waals surface area contributed by atoms with Crippen molar-refractivity contribution in [2.75, 3.05) is 5.73 Å². The van der Waals surface area contributed by atoms with E-state index in [1.807, 2.05) is 24.3 Å². The molecule has 0 fully saturated rings. The van der Waals surface area contributed by atoms with Gasteiger partial charge in [0.15, 0.2) is 5.78 Å². The molecule has 0 radical (unpaired) electrons. The number of carbonyl (C=O) groups is 1. The normalized spacial score (nSPS) is 10.2. The summed E-state index contributed by atoms with van der Waals surface area (Å²) in [5.74, 6) is -0.0133. The number of carbonyl (C=O) groups excluding carboxylic acids is 1. The lowest BCUT2D eigenvalue weighted by molar-refractivity contribution is 0.103. The van der Waals surface area contributed by atoms with Crippen LogP contribution in [0.2, 0.25) is 0 Å². The average molecular weight is 402 g/mol. The second-order valence-electron chi connectivity index (χ2n) is 3.57. The van der Waals surface area contributed by atoms with E-state index in [2.05, 4.69) is 38.5 Å². The highest BCUT2D eigenvalue weighted by atomic mass is 127. The van der Waals surface area contributed by atoms with Crippen LogP contribution in [-0.4, -0.2) is 5.78 Å². The number of benzene rings is 2. The number of anilines is 1. The van der Waals surface area contributed by atoms with Crippen molar-refractivity contribution in [2.24, 2.45) is 0 Å². The Morgan fingerprint density at radius 3 is 2.24 bits per heavy atom. The van der Waals surface area contributed by atoms with E-state index in [-0.39, 0.29) is 5.78 Å². The molecule has 0 aliphatic heterocycles. The summed E-state index contributed by atoms with van der Waals surface area (Å²) in [6.45, 7) is 0. The van der Waals surface area contributed by atoms with Gasteiger partial charge >= 0.3 is 0 Å². The zero-order chi connectivity index (χ0) is 12.4. The molecule has 0 aliphatic carbocycles. The molecule has 4 heteroatoms. The molecule has 0 aromatic heterocycles. The molecule has 0 unspecified atom stereocenters. The minimum Gasteiger partial charge on any atom is -0.398 e. The Morgan fingerprint density at radius 2 is 1.65 bits per heavy atom. The Kier molecular flexibility index (Phi) is 3.83. The first-order valence-corrected chi connectivity index (χ1v) is 6.80. The molecule has 2 aromatic rings. The molecule has 0 aliphatic rings. The molecule has 0 atom stereocenters. The quantitative estimate of drug-likeness (QED) is 0.471. The molecule has 2 rings (SSSR count). The molecule has 0 amide bonds. The molecule has 0 heterocycles. The summed E-state index contributed by atoms with van der Waals surface area (Å²) < 4.78 is 1.91. The van der Waals surface area contributed by atoms with E-state index in [4.69, 9.17) is 5.73 Å². The van der Waals surface area contributed by atoms with Crippen molar-refractivity contribution in [2.45, 2.75) is 0 Å². The number of hydrogen-bond donors (Lipinski definition) is 1. The van der Waals surface area contributed by atoms with E-state index in [9.17, 15) is 4.79 Å². The first-order valence-electron chi connectivity index (χ1n) is 4.93. The maximum Gasteiger partial charge on any atom is 0.193 e. The molecular formula is C13H9BrINO. The third kappa shape index (κ3) is 2.87. The van der Waals surface area contributed by atoms with Gasteiger partial charge in [-0.2, -0.15) is 0 Å². The molecule has 0 spiro atoms. The van der Waals surface area contributed by atoms with Crippen molar-refractivity contribution >= 4 is 50.0 Å². The van der Waals surface area contributed by atoms with Gasteiger partial charge in [0, 0.05) is 24.9 Å². The van der Waals surface area contributed by atoms with Gasteiger partial charge in [0.05, 0.1) is 0 Å². The van der Waals surface area contributed by atoms with Crippen LogP contribution in [0.25, 0.3) is 0 Å². The number of rotatable bonds is 2. The Bertz CT molecular complexity index is 566. The van der Waals surface area contributed by atoms with E-state index in [0.717, 1.165) is 8.04 Å². The number of ketones is 1. The van der Waals surface area contributed by atoms with E-state index in [0.29, 0.717) is 16.8 Å². The minimum absolute atomic E-state index is 0.0133. The number of halogens is 2. The fraction of sp³-hybridized carbons (Fsp3) is 0. The zero-order valence-electron chi connectivity index (χ0n) is 8.78. The van der Waals surface area contributed by atoms with E-state index in [1.54, 1.807) is 18.2 Å². The van der Waals surface area contributed by atoms with E-state index >= 15 is 0 Å². The maximum atomic E-state index is 12.1. The van der Waals surface area contributed by atoms with Crippen molar-refractivity contribution in [1.82, 2.24) is 0 Å². The second kappa shape index (κ2) is 5.18. The predicted molar refractivity (Wildman–Crippen MR) is 81.1 cm³/mol. The average Bonchev–Trinajstić information content (AvgIpc) is 2.33. The van der Waals surface area contributed by atoms with Crippen LogP contribution in [0.1, 0.15) is 15.9 Å². The first kappa shape index (κ1) is 12.6. The third-order valence-corrected chi connectivity index (χ3v) is 3.81. The van der Waals surface area contributed by atoms with Crippen LogP contribution in [0.15, 0.2) is 46.9 Å². The van der Waals surface area contributed by atoms with Crippen molar-refractivity contribution in [1.29, 1.82) is 0 Å². The molecule has 0 saturated carbocycles. The van der Waals surface area contributed by atoms with Gasteiger partial charge in [0.25, 0.3) is 0 Å². The van der Waals surface area contributed by atoms with Crippen molar-refractivity contribution in [3.05, 3.63) is 61.6 Å². The van der Waals surface area contributed by atoms with Crippen LogP contribution in [0, 0.1) is 3.57 Å². The number of hydrogen-bond acceptors (Lipinski definition) is 2. The Morgan fingerprint density at radius 1 is 1.06 bits per heavy atom. The zero-order valence-corrected chi connectivity index (χ0v) is 12.5. The summed E-state index contributed by atoms with van der Waals surface area (Å²) >= 11 is 5.51. The largest absolute Gasteiger partial charge is 0.398 e. The number of nitrogen functional groups attached to an aromatic ring is 1. The molecule has 17 heavy (non-hydrogen) atoms. The monoisotopic (exact) mass is 401 g/mol. The van der Waals surface area contributed by atoms with Gasteiger partial charge in [0.1, 0.15) is 0 Å². The van der Waals surface area contributed by atoms with Crippen LogP contribution in [0.5, 0.6) is 0 Å². The Labute approximate surface area is 121 Å². The maximum absolute atomic E-state index is 12.1. The fourth-order valence-corrected chi connectivity index (χ4v) is 2.06. The lowest BCUT2D eigenvalue weighted by Crippen LogP contribution is -2.02. The molecule has 86 valence electrons. The van der Waals surface area contributed by atoms with Gasteiger partial charge in [-0.3, -0.25) is 4.79 Å². The van der Waals surface area contributed by atoms with E-state index < -0.39 is 0 Å². The second-order valence-corrected chi connectivity index (χ2v) is 5.67. The highest BCUT2D eigenvalue weighted by molar-refractivity contribution is 14.1.